The second-order valence-electron chi connectivity index (χ2n) is 6.85. The summed E-state index contributed by atoms with van der Waals surface area (Å²) in [6.07, 6.45) is 7.09. The Kier molecular flexibility index (Phi) is 4.13. The Balaban J connectivity index is 1.66. The van der Waals surface area contributed by atoms with Crippen LogP contribution in [-0.2, 0) is 0 Å². The third-order valence-corrected chi connectivity index (χ3v) is 5.52. The first-order valence-electron chi connectivity index (χ1n) is 8.22. The number of hydrogen-bond acceptors (Lipinski definition) is 2. The molecule has 1 saturated carbocycles. The lowest BCUT2D eigenvalue weighted by Gasteiger charge is -2.33. The molecule has 0 aromatic heterocycles. The molecule has 0 bridgehead atoms. The molecule has 2 aliphatic rings. The Hall–Kier alpha value is -0.860. The molecule has 0 spiro atoms. The number of nitrogens with zero attached hydrogens (tertiary/aromatic N) is 1. The van der Waals surface area contributed by atoms with Crippen molar-refractivity contribution in [2.24, 2.45) is 11.7 Å². The Labute approximate surface area is 123 Å². The Morgan fingerprint density at radius 2 is 1.95 bits per heavy atom. The molecule has 1 aliphatic carbocycles. The summed E-state index contributed by atoms with van der Waals surface area (Å²) in [5, 5.41) is 0. The largest absolute Gasteiger partial charge is 0.323 e. The average molecular weight is 272 g/mol. The van der Waals surface area contributed by atoms with E-state index in [1.165, 1.54) is 55.3 Å². The van der Waals surface area contributed by atoms with E-state index in [1.54, 1.807) is 0 Å². The predicted octanol–water partition coefficient (Wildman–Crippen LogP) is 3.57. The summed E-state index contributed by atoms with van der Waals surface area (Å²) in [5.74, 6) is 0.954. The molecular formula is C18H28N2. The first kappa shape index (κ1) is 14.1. The first-order chi connectivity index (χ1) is 9.65. The standard InChI is InChI=1S/C18H28N2/c1-13-7-8-16(11-14(13)2)17(19)12-20-10-9-15-5-3-4-6-18(15)20/h7-8,11,15,17-18H,3-6,9-10,12,19H2,1-2H3. The van der Waals surface area contributed by atoms with Gasteiger partial charge in [0.25, 0.3) is 0 Å². The van der Waals surface area contributed by atoms with Crippen molar-refractivity contribution in [2.75, 3.05) is 13.1 Å². The van der Waals surface area contributed by atoms with Crippen LogP contribution in [0.2, 0.25) is 0 Å². The highest BCUT2D eigenvalue weighted by molar-refractivity contribution is 5.31. The van der Waals surface area contributed by atoms with Crippen LogP contribution in [0.25, 0.3) is 0 Å². The van der Waals surface area contributed by atoms with Gasteiger partial charge in [-0.1, -0.05) is 31.0 Å². The lowest BCUT2D eigenvalue weighted by Crippen LogP contribution is -2.39. The number of fused-ring (bicyclic) bond motifs is 1. The van der Waals surface area contributed by atoms with Crippen molar-refractivity contribution in [3.05, 3.63) is 34.9 Å². The van der Waals surface area contributed by atoms with Gasteiger partial charge < -0.3 is 5.73 Å². The van der Waals surface area contributed by atoms with Gasteiger partial charge in [0.2, 0.25) is 0 Å². The minimum Gasteiger partial charge on any atom is -0.323 e. The Morgan fingerprint density at radius 3 is 2.75 bits per heavy atom. The summed E-state index contributed by atoms with van der Waals surface area (Å²) >= 11 is 0. The number of likely N-dealkylation sites (tertiary alicyclic amines) is 1. The van der Waals surface area contributed by atoms with Crippen LogP contribution in [0.5, 0.6) is 0 Å². The lowest BCUT2D eigenvalue weighted by atomic mass is 9.85. The summed E-state index contributed by atoms with van der Waals surface area (Å²) in [6, 6.07) is 7.67. The molecule has 3 rings (SSSR count). The maximum Gasteiger partial charge on any atom is 0.0424 e. The summed E-state index contributed by atoms with van der Waals surface area (Å²) in [7, 11) is 0. The minimum atomic E-state index is 0.162. The maximum absolute atomic E-state index is 6.47. The van der Waals surface area contributed by atoms with Crippen LogP contribution in [0.4, 0.5) is 0 Å². The van der Waals surface area contributed by atoms with Crippen molar-refractivity contribution in [3.63, 3.8) is 0 Å². The Morgan fingerprint density at radius 1 is 1.15 bits per heavy atom. The number of hydrogen-bond donors (Lipinski definition) is 1. The monoisotopic (exact) mass is 272 g/mol. The van der Waals surface area contributed by atoms with E-state index < -0.39 is 0 Å². The van der Waals surface area contributed by atoms with Crippen molar-refractivity contribution in [1.29, 1.82) is 0 Å². The topological polar surface area (TPSA) is 29.3 Å². The van der Waals surface area contributed by atoms with Gasteiger partial charge in [0.1, 0.15) is 0 Å². The van der Waals surface area contributed by atoms with Gasteiger partial charge >= 0.3 is 0 Å². The third kappa shape index (κ3) is 2.77. The fraction of sp³-hybridized carbons (Fsp3) is 0.667. The van der Waals surface area contributed by atoms with E-state index in [0.29, 0.717) is 0 Å². The molecule has 2 heteroatoms. The van der Waals surface area contributed by atoms with Crippen LogP contribution in [0.1, 0.15) is 54.8 Å². The summed E-state index contributed by atoms with van der Waals surface area (Å²) in [5.41, 5.74) is 10.5. The van der Waals surface area contributed by atoms with Gasteiger partial charge in [-0.2, -0.15) is 0 Å². The zero-order chi connectivity index (χ0) is 14.1. The third-order valence-electron chi connectivity index (χ3n) is 5.52. The van der Waals surface area contributed by atoms with Gasteiger partial charge in [-0.25, -0.2) is 0 Å². The molecule has 0 amide bonds. The molecule has 1 saturated heterocycles. The van der Waals surface area contributed by atoms with E-state index >= 15 is 0 Å². The maximum atomic E-state index is 6.47. The van der Waals surface area contributed by atoms with Crippen molar-refractivity contribution in [2.45, 2.75) is 58.0 Å². The van der Waals surface area contributed by atoms with E-state index in [0.717, 1.165) is 18.5 Å². The van der Waals surface area contributed by atoms with Crippen LogP contribution in [0.15, 0.2) is 18.2 Å². The summed E-state index contributed by atoms with van der Waals surface area (Å²) in [6.45, 7) is 6.63. The van der Waals surface area contributed by atoms with E-state index in [2.05, 4.69) is 36.9 Å². The first-order valence-corrected chi connectivity index (χ1v) is 8.22. The summed E-state index contributed by atoms with van der Waals surface area (Å²) in [4.78, 5) is 2.67. The fourth-order valence-electron chi connectivity index (χ4n) is 4.08. The zero-order valence-electron chi connectivity index (χ0n) is 12.9. The van der Waals surface area contributed by atoms with Crippen LogP contribution < -0.4 is 5.73 Å². The zero-order valence-corrected chi connectivity index (χ0v) is 12.9. The lowest BCUT2D eigenvalue weighted by molar-refractivity contribution is 0.174. The van der Waals surface area contributed by atoms with E-state index in [4.69, 9.17) is 5.73 Å². The quantitative estimate of drug-likeness (QED) is 0.911. The number of rotatable bonds is 3. The average Bonchev–Trinajstić information content (AvgIpc) is 2.85. The molecule has 1 heterocycles. The van der Waals surface area contributed by atoms with Gasteiger partial charge in [0.05, 0.1) is 0 Å². The van der Waals surface area contributed by atoms with Gasteiger partial charge in [-0.3, -0.25) is 4.90 Å². The van der Waals surface area contributed by atoms with E-state index in [1.807, 2.05) is 0 Å². The second kappa shape index (κ2) is 5.87. The highest BCUT2D eigenvalue weighted by Gasteiger charge is 2.36. The number of aryl methyl sites for hydroxylation is 2. The molecule has 1 aromatic rings. The molecule has 1 aliphatic heterocycles. The van der Waals surface area contributed by atoms with Crippen LogP contribution in [0.3, 0.4) is 0 Å². The molecule has 20 heavy (non-hydrogen) atoms. The number of nitrogens with two attached hydrogens (primary N) is 1. The number of benzene rings is 1. The van der Waals surface area contributed by atoms with E-state index in [9.17, 15) is 0 Å². The molecule has 0 radical (unpaired) electrons. The van der Waals surface area contributed by atoms with Gasteiger partial charge in [0, 0.05) is 18.6 Å². The van der Waals surface area contributed by atoms with Gasteiger partial charge in [0.15, 0.2) is 0 Å². The van der Waals surface area contributed by atoms with Crippen molar-refractivity contribution in [1.82, 2.24) is 4.90 Å². The molecular weight excluding hydrogens is 244 g/mol. The molecule has 3 atom stereocenters. The second-order valence-corrected chi connectivity index (χ2v) is 6.85. The smallest absolute Gasteiger partial charge is 0.0424 e. The molecule has 2 nitrogen and oxygen atoms in total. The van der Waals surface area contributed by atoms with Crippen LogP contribution in [-0.4, -0.2) is 24.0 Å². The SMILES string of the molecule is Cc1ccc(C(N)CN2CCC3CCCCC32)cc1C. The predicted molar refractivity (Wildman–Crippen MR) is 84.8 cm³/mol. The normalized spacial score (nSPS) is 28.4. The fourth-order valence-corrected chi connectivity index (χ4v) is 4.08. The van der Waals surface area contributed by atoms with E-state index in [-0.39, 0.29) is 6.04 Å². The highest BCUT2D eigenvalue weighted by atomic mass is 15.2. The van der Waals surface area contributed by atoms with Crippen LogP contribution >= 0.6 is 0 Å². The van der Waals surface area contributed by atoms with Gasteiger partial charge in [-0.15, -0.1) is 0 Å². The molecule has 110 valence electrons. The van der Waals surface area contributed by atoms with Crippen molar-refractivity contribution < 1.29 is 0 Å². The van der Waals surface area contributed by atoms with Crippen molar-refractivity contribution >= 4 is 0 Å². The highest BCUT2D eigenvalue weighted by Crippen LogP contribution is 2.36. The summed E-state index contributed by atoms with van der Waals surface area (Å²) < 4.78 is 0. The molecule has 2 N–H and O–H groups in total. The minimum absolute atomic E-state index is 0.162. The van der Waals surface area contributed by atoms with Crippen molar-refractivity contribution in [3.8, 4) is 0 Å². The molecule has 3 unspecified atom stereocenters. The Bertz CT molecular complexity index is 468. The molecule has 2 fully saturated rings. The van der Waals surface area contributed by atoms with Gasteiger partial charge in [-0.05, 0) is 62.3 Å². The molecule has 1 aromatic carbocycles. The van der Waals surface area contributed by atoms with Crippen LogP contribution in [0, 0.1) is 19.8 Å².